The third-order valence-electron chi connectivity index (χ3n) is 3.35. The molecule has 4 heteroatoms. The van der Waals surface area contributed by atoms with Crippen LogP contribution in [0.4, 0.5) is 0 Å². The average molecular weight is 263 g/mol. The highest BCUT2D eigenvalue weighted by Gasteiger charge is 2.16. The van der Waals surface area contributed by atoms with Crippen molar-refractivity contribution < 1.29 is 14.7 Å². The maximum Gasteiger partial charge on any atom is 0.128 e. The van der Waals surface area contributed by atoms with E-state index in [1.165, 1.54) is 6.42 Å². The normalized spacial score (nSPS) is 20.3. The first kappa shape index (κ1) is 13.9. The summed E-state index contributed by atoms with van der Waals surface area (Å²) in [7, 11) is 0. The minimum atomic E-state index is 0.179. The second-order valence-electron chi connectivity index (χ2n) is 4.70. The molecule has 2 rings (SSSR count). The van der Waals surface area contributed by atoms with Gasteiger partial charge in [0.2, 0.25) is 0 Å². The molecule has 0 bridgehead atoms. The Kier molecular flexibility index (Phi) is 5.21. The molecule has 0 aliphatic carbocycles. The van der Waals surface area contributed by atoms with Crippen LogP contribution in [0.1, 0.15) is 38.2 Å². The molecular formula is C15H21NO3. The number of para-hydroxylation sites is 1. The van der Waals surface area contributed by atoms with E-state index < -0.39 is 0 Å². The fourth-order valence-corrected chi connectivity index (χ4v) is 2.27. The molecule has 1 aliphatic heterocycles. The van der Waals surface area contributed by atoms with E-state index in [-0.39, 0.29) is 6.10 Å². The van der Waals surface area contributed by atoms with E-state index in [4.69, 9.17) is 14.7 Å². The maximum atomic E-state index is 9.03. The van der Waals surface area contributed by atoms with Crippen LogP contribution in [0.2, 0.25) is 0 Å². The largest absolute Gasteiger partial charge is 0.490 e. The molecule has 104 valence electrons. The van der Waals surface area contributed by atoms with Crippen molar-refractivity contribution in [2.75, 3.05) is 13.2 Å². The van der Waals surface area contributed by atoms with Gasteiger partial charge in [-0.25, -0.2) is 0 Å². The van der Waals surface area contributed by atoms with Crippen molar-refractivity contribution in [1.29, 1.82) is 0 Å². The van der Waals surface area contributed by atoms with Gasteiger partial charge >= 0.3 is 0 Å². The molecule has 1 fully saturated rings. The van der Waals surface area contributed by atoms with Gasteiger partial charge in [-0.1, -0.05) is 24.2 Å². The maximum absolute atomic E-state index is 9.03. The van der Waals surface area contributed by atoms with Gasteiger partial charge in [-0.3, -0.25) is 0 Å². The van der Waals surface area contributed by atoms with E-state index in [1.807, 2.05) is 31.2 Å². The highest BCUT2D eigenvalue weighted by atomic mass is 16.5. The summed E-state index contributed by atoms with van der Waals surface area (Å²) >= 11 is 0. The van der Waals surface area contributed by atoms with E-state index >= 15 is 0 Å². The lowest BCUT2D eigenvalue weighted by Gasteiger charge is -2.23. The Bertz CT molecular complexity index is 425. The highest BCUT2D eigenvalue weighted by molar-refractivity contribution is 6.02. The number of oxime groups is 1. The van der Waals surface area contributed by atoms with Gasteiger partial charge in [-0.15, -0.1) is 0 Å². The fourth-order valence-electron chi connectivity index (χ4n) is 2.27. The summed E-state index contributed by atoms with van der Waals surface area (Å²) in [5.74, 6) is 0.756. The summed E-state index contributed by atoms with van der Waals surface area (Å²) in [6, 6.07) is 7.65. The first-order chi connectivity index (χ1) is 9.35. The third kappa shape index (κ3) is 3.70. The quantitative estimate of drug-likeness (QED) is 0.504. The Morgan fingerprint density at radius 2 is 2.26 bits per heavy atom. The Morgan fingerprint density at radius 3 is 2.95 bits per heavy atom. The second-order valence-corrected chi connectivity index (χ2v) is 4.70. The Labute approximate surface area is 114 Å². The van der Waals surface area contributed by atoms with Crippen LogP contribution in [0.15, 0.2) is 29.4 Å². The molecular weight excluding hydrogens is 242 g/mol. The molecule has 1 aromatic rings. The second kappa shape index (κ2) is 7.14. The Hall–Kier alpha value is -1.55. The third-order valence-corrected chi connectivity index (χ3v) is 3.35. The number of hydrogen-bond donors (Lipinski definition) is 1. The van der Waals surface area contributed by atoms with Crippen LogP contribution in [0.5, 0.6) is 5.75 Å². The predicted octanol–water partition coefficient (Wildman–Crippen LogP) is 3.22. The summed E-state index contributed by atoms with van der Waals surface area (Å²) in [6.07, 6.45) is 4.24. The average Bonchev–Trinajstić information content (AvgIpc) is 2.48. The van der Waals surface area contributed by atoms with E-state index in [2.05, 4.69) is 5.16 Å². The van der Waals surface area contributed by atoms with Crippen molar-refractivity contribution in [3.05, 3.63) is 29.8 Å². The van der Waals surface area contributed by atoms with Gasteiger partial charge < -0.3 is 14.7 Å². The lowest BCUT2D eigenvalue weighted by Crippen LogP contribution is -2.26. The number of hydrogen-bond acceptors (Lipinski definition) is 4. The monoisotopic (exact) mass is 263 g/mol. The molecule has 1 saturated heterocycles. The summed E-state index contributed by atoms with van der Waals surface area (Å²) in [5, 5.41) is 12.4. The number of benzene rings is 1. The molecule has 1 unspecified atom stereocenters. The molecule has 0 amide bonds. The van der Waals surface area contributed by atoms with Crippen LogP contribution in [-0.4, -0.2) is 30.2 Å². The number of rotatable bonds is 5. The molecule has 1 N–H and O–H groups in total. The van der Waals surface area contributed by atoms with E-state index in [9.17, 15) is 0 Å². The first-order valence-corrected chi connectivity index (χ1v) is 6.90. The zero-order valence-electron chi connectivity index (χ0n) is 11.3. The lowest BCUT2D eigenvalue weighted by molar-refractivity contribution is -0.0111. The summed E-state index contributed by atoms with van der Waals surface area (Å²) < 4.78 is 11.5. The van der Waals surface area contributed by atoms with Crippen LogP contribution >= 0.6 is 0 Å². The summed E-state index contributed by atoms with van der Waals surface area (Å²) in [4.78, 5) is 0. The summed E-state index contributed by atoms with van der Waals surface area (Å²) in [6.45, 7) is 3.34. The van der Waals surface area contributed by atoms with Gasteiger partial charge in [-0.05, 0) is 37.8 Å². The van der Waals surface area contributed by atoms with Crippen LogP contribution in [0, 0.1) is 0 Å². The molecule has 19 heavy (non-hydrogen) atoms. The van der Waals surface area contributed by atoms with Crippen molar-refractivity contribution in [3.63, 3.8) is 0 Å². The van der Waals surface area contributed by atoms with Crippen LogP contribution < -0.4 is 4.74 Å². The van der Waals surface area contributed by atoms with Crippen molar-refractivity contribution in [2.24, 2.45) is 5.16 Å². The SMILES string of the molecule is CC/C(=N\O)c1ccccc1OCC1CCCCO1. The van der Waals surface area contributed by atoms with E-state index in [1.54, 1.807) is 0 Å². The molecule has 0 saturated carbocycles. The molecule has 1 aliphatic rings. The van der Waals surface area contributed by atoms with Crippen molar-refractivity contribution >= 4 is 5.71 Å². The number of nitrogens with zero attached hydrogens (tertiary/aromatic N) is 1. The van der Waals surface area contributed by atoms with E-state index in [0.717, 1.165) is 30.8 Å². The standard InChI is InChI=1S/C15H21NO3/c1-2-14(16-17)13-8-3-4-9-15(13)19-11-12-7-5-6-10-18-12/h3-4,8-9,12,17H,2,5-7,10-11H2,1H3/b16-14+. The molecule has 0 spiro atoms. The van der Waals surface area contributed by atoms with Crippen molar-refractivity contribution in [2.45, 2.75) is 38.7 Å². The minimum absolute atomic E-state index is 0.179. The van der Waals surface area contributed by atoms with Gasteiger partial charge in [0.15, 0.2) is 0 Å². The van der Waals surface area contributed by atoms with Gasteiger partial charge in [0, 0.05) is 12.2 Å². The molecule has 0 radical (unpaired) electrons. The fraction of sp³-hybridized carbons (Fsp3) is 0.533. The highest BCUT2D eigenvalue weighted by Crippen LogP contribution is 2.22. The molecule has 1 aromatic carbocycles. The smallest absolute Gasteiger partial charge is 0.128 e. The van der Waals surface area contributed by atoms with E-state index in [0.29, 0.717) is 18.7 Å². The van der Waals surface area contributed by atoms with Gasteiger partial charge in [0.25, 0.3) is 0 Å². The van der Waals surface area contributed by atoms with Crippen molar-refractivity contribution in [3.8, 4) is 5.75 Å². The summed E-state index contributed by atoms with van der Waals surface area (Å²) in [5.41, 5.74) is 1.49. The molecule has 1 atom stereocenters. The Morgan fingerprint density at radius 1 is 1.42 bits per heavy atom. The first-order valence-electron chi connectivity index (χ1n) is 6.90. The number of ether oxygens (including phenoxy) is 2. The molecule has 4 nitrogen and oxygen atoms in total. The molecule has 1 heterocycles. The van der Waals surface area contributed by atoms with Crippen LogP contribution in [0.3, 0.4) is 0 Å². The van der Waals surface area contributed by atoms with Gasteiger partial charge in [-0.2, -0.15) is 0 Å². The van der Waals surface area contributed by atoms with Crippen LogP contribution in [-0.2, 0) is 4.74 Å². The minimum Gasteiger partial charge on any atom is -0.490 e. The topological polar surface area (TPSA) is 51.1 Å². The zero-order valence-corrected chi connectivity index (χ0v) is 11.3. The Balaban J connectivity index is 2.03. The lowest BCUT2D eigenvalue weighted by atomic mass is 10.1. The molecule has 0 aromatic heterocycles. The van der Waals surface area contributed by atoms with Gasteiger partial charge in [0.1, 0.15) is 12.4 Å². The van der Waals surface area contributed by atoms with Crippen LogP contribution in [0.25, 0.3) is 0 Å². The predicted molar refractivity (Wildman–Crippen MR) is 74.1 cm³/mol. The van der Waals surface area contributed by atoms with Crippen molar-refractivity contribution in [1.82, 2.24) is 0 Å². The zero-order chi connectivity index (χ0) is 13.5. The van der Waals surface area contributed by atoms with Gasteiger partial charge in [0.05, 0.1) is 11.8 Å².